The van der Waals surface area contributed by atoms with Crippen LogP contribution in [0, 0.1) is 0 Å². The number of benzene rings is 1. The van der Waals surface area contributed by atoms with E-state index in [0.29, 0.717) is 5.75 Å². The zero-order valence-corrected chi connectivity index (χ0v) is 9.88. The first kappa shape index (κ1) is 11.1. The van der Waals surface area contributed by atoms with E-state index in [0.717, 1.165) is 24.8 Å². The van der Waals surface area contributed by atoms with Gasteiger partial charge in [0.05, 0.1) is 0 Å². The van der Waals surface area contributed by atoms with Crippen LogP contribution in [0.4, 0.5) is 0 Å². The average Bonchev–Trinajstić information content (AvgIpc) is 2.20. The Labute approximate surface area is 100 Å². The van der Waals surface area contributed by atoms with Crippen molar-refractivity contribution in [3.8, 4) is 5.75 Å². The van der Waals surface area contributed by atoms with Gasteiger partial charge in [0.2, 0.25) is 0 Å². The number of rotatable bonds is 1. The second-order valence-corrected chi connectivity index (χ2v) is 5.17. The summed E-state index contributed by atoms with van der Waals surface area (Å²) in [6.45, 7) is 0. The maximum Gasteiger partial charge on any atom is 0.119 e. The molecule has 82 valence electrons. The largest absolute Gasteiger partial charge is 0.508 e. The fourth-order valence-electron chi connectivity index (χ4n) is 2.25. The van der Waals surface area contributed by atoms with E-state index in [2.05, 4.69) is 0 Å². The molecule has 1 nitrogen and oxygen atoms in total. The summed E-state index contributed by atoms with van der Waals surface area (Å²) in [5.41, 5.74) is 0.886. The molecule has 1 aliphatic rings. The van der Waals surface area contributed by atoms with Crippen LogP contribution in [0.3, 0.4) is 0 Å². The van der Waals surface area contributed by atoms with Gasteiger partial charge >= 0.3 is 0 Å². The van der Waals surface area contributed by atoms with Crippen molar-refractivity contribution in [1.29, 1.82) is 0 Å². The van der Waals surface area contributed by atoms with Crippen molar-refractivity contribution in [2.45, 2.75) is 35.9 Å². The molecule has 1 N–H and O–H groups in total. The summed E-state index contributed by atoms with van der Waals surface area (Å²) in [6, 6.07) is 7.33. The van der Waals surface area contributed by atoms with Gasteiger partial charge in [0.1, 0.15) is 5.75 Å². The molecule has 1 aliphatic carbocycles. The van der Waals surface area contributed by atoms with Crippen molar-refractivity contribution in [2.24, 2.45) is 0 Å². The lowest BCUT2D eigenvalue weighted by atomic mass is 9.83. The normalized spacial score (nSPS) is 31.5. The first-order valence-electron chi connectivity index (χ1n) is 5.26. The molecule has 0 radical (unpaired) electrons. The lowest BCUT2D eigenvalue weighted by molar-refractivity contribution is 0.423. The van der Waals surface area contributed by atoms with Crippen molar-refractivity contribution in [3.05, 3.63) is 29.8 Å². The lowest BCUT2D eigenvalue weighted by Crippen LogP contribution is -2.27. The minimum absolute atomic E-state index is 0.0366. The topological polar surface area (TPSA) is 20.2 Å². The maximum atomic E-state index is 9.78. The molecular formula is C12H14Cl2O. The van der Waals surface area contributed by atoms with E-state index < -0.39 is 0 Å². The van der Waals surface area contributed by atoms with Crippen LogP contribution in [0.25, 0.3) is 0 Å². The molecule has 0 saturated heterocycles. The number of hydrogen-bond donors (Lipinski definition) is 1. The third-order valence-electron chi connectivity index (χ3n) is 3.04. The van der Waals surface area contributed by atoms with E-state index in [-0.39, 0.29) is 16.7 Å². The SMILES string of the molecule is Oc1ccccc1C1C(Cl)CCCC1Cl. The Hall–Kier alpha value is -0.400. The molecular weight excluding hydrogens is 231 g/mol. The first-order chi connectivity index (χ1) is 7.20. The minimum atomic E-state index is 0.0366. The highest BCUT2D eigenvalue weighted by atomic mass is 35.5. The van der Waals surface area contributed by atoms with Gasteiger partial charge in [-0.15, -0.1) is 23.2 Å². The number of para-hydroxylation sites is 1. The second kappa shape index (κ2) is 4.63. The van der Waals surface area contributed by atoms with Crippen molar-refractivity contribution >= 4 is 23.2 Å². The monoisotopic (exact) mass is 244 g/mol. The zero-order valence-electron chi connectivity index (χ0n) is 8.37. The molecule has 0 aromatic heterocycles. The molecule has 3 heteroatoms. The Kier molecular flexibility index (Phi) is 3.42. The van der Waals surface area contributed by atoms with Gasteiger partial charge in [-0.05, 0) is 24.5 Å². The van der Waals surface area contributed by atoms with Gasteiger partial charge in [-0.25, -0.2) is 0 Å². The van der Waals surface area contributed by atoms with Crippen LogP contribution in [-0.2, 0) is 0 Å². The molecule has 2 atom stereocenters. The van der Waals surface area contributed by atoms with Crippen molar-refractivity contribution < 1.29 is 5.11 Å². The minimum Gasteiger partial charge on any atom is -0.508 e. The molecule has 0 aliphatic heterocycles. The first-order valence-corrected chi connectivity index (χ1v) is 6.13. The van der Waals surface area contributed by atoms with E-state index >= 15 is 0 Å². The predicted octanol–water partition coefficient (Wildman–Crippen LogP) is 3.87. The summed E-state index contributed by atoms with van der Waals surface area (Å²) < 4.78 is 0. The van der Waals surface area contributed by atoms with Crippen LogP contribution in [0.5, 0.6) is 5.75 Å². The summed E-state index contributed by atoms with van der Waals surface area (Å²) in [6.07, 6.45) is 3.03. The summed E-state index contributed by atoms with van der Waals surface area (Å²) in [4.78, 5) is 0. The molecule has 1 saturated carbocycles. The summed E-state index contributed by atoms with van der Waals surface area (Å²) >= 11 is 12.6. The molecule has 15 heavy (non-hydrogen) atoms. The average molecular weight is 245 g/mol. The molecule has 0 bridgehead atoms. The van der Waals surface area contributed by atoms with Gasteiger partial charge < -0.3 is 5.11 Å². The molecule has 2 rings (SSSR count). The molecule has 1 aromatic carbocycles. The summed E-state index contributed by atoms with van der Waals surface area (Å²) in [5.74, 6) is 0.379. The third kappa shape index (κ3) is 2.24. The van der Waals surface area contributed by atoms with Gasteiger partial charge in [-0.1, -0.05) is 24.6 Å². The highest BCUT2D eigenvalue weighted by Gasteiger charge is 2.33. The molecule has 2 unspecified atom stereocenters. The molecule has 0 heterocycles. The number of hydrogen-bond acceptors (Lipinski definition) is 1. The van der Waals surface area contributed by atoms with Crippen molar-refractivity contribution in [1.82, 2.24) is 0 Å². The van der Waals surface area contributed by atoms with Crippen LogP contribution in [0.1, 0.15) is 30.7 Å². The van der Waals surface area contributed by atoms with E-state index in [1.807, 2.05) is 18.2 Å². The van der Waals surface area contributed by atoms with Crippen LogP contribution in [0.15, 0.2) is 24.3 Å². The predicted molar refractivity (Wildman–Crippen MR) is 64.0 cm³/mol. The summed E-state index contributed by atoms with van der Waals surface area (Å²) in [5, 5.41) is 9.85. The molecule has 1 fully saturated rings. The Bertz CT molecular complexity index is 330. The highest BCUT2D eigenvalue weighted by Crippen LogP contribution is 2.42. The third-order valence-corrected chi connectivity index (χ3v) is 4.01. The standard InChI is InChI=1S/C12H14Cl2O/c13-9-5-3-6-10(14)12(9)8-4-1-2-7-11(8)15/h1-2,4,7,9-10,12,15H,3,5-6H2. The van der Waals surface area contributed by atoms with Crippen LogP contribution < -0.4 is 0 Å². The highest BCUT2D eigenvalue weighted by molar-refractivity contribution is 6.25. The lowest BCUT2D eigenvalue weighted by Gasteiger charge is -2.32. The number of alkyl halides is 2. The molecule has 0 amide bonds. The van der Waals surface area contributed by atoms with E-state index in [1.54, 1.807) is 6.07 Å². The smallest absolute Gasteiger partial charge is 0.119 e. The number of phenolic OH excluding ortho intramolecular Hbond substituents is 1. The van der Waals surface area contributed by atoms with Gasteiger partial charge in [-0.3, -0.25) is 0 Å². The van der Waals surface area contributed by atoms with Crippen molar-refractivity contribution in [2.75, 3.05) is 0 Å². The Balaban J connectivity index is 2.31. The number of halogens is 2. The Morgan fingerprint density at radius 3 is 2.27 bits per heavy atom. The zero-order chi connectivity index (χ0) is 10.8. The van der Waals surface area contributed by atoms with E-state index in [1.165, 1.54) is 0 Å². The van der Waals surface area contributed by atoms with Crippen molar-refractivity contribution in [3.63, 3.8) is 0 Å². The quantitative estimate of drug-likeness (QED) is 0.744. The Morgan fingerprint density at radius 1 is 1.07 bits per heavy atom. The fourth-order valence-corrected chi connectivity index (χ4v) is 3.26. The van der Waals surface area contributed by atoms with Gasteiger partial charge in [0.25, 0.3) is 0 Å². The van der Waals surface area contributed by atoms with Gasteiger partial charge in [0.15, 0.2) is 0 Å². The van der Waals surface area contributed by atoms with Crippen LogP contribution >= 0.6 is 23.2 Å². The van der Waals surface area contributed by atoms with Gasteiger partial charge in [-0.2, -0.15) is 0 Å². The molecule has 0 spiro atoms. The Morgan fingerprint density at radius 2 is 1.67 bits per heavy atom. The second-order valence-electron chi connectivity index (χ2n) is 4.05. The van der Waals surface area contributed by atoms with Crippen LogP contribution in [0.2, 0.25) is 0 Å². The van der Waals surface area contributed by atoms with E-state index in [9.17, 15) is 5.11 Å². The summed E-state index contributed by atoms with van der Waals surface area (Å²) in [7, 11) is 0. The van der Waals surface area contributed by atoms with E-state index in [4.69, 9.17) is 23.2 Å². The molecule has 1 aromatic rings. The number of aromatic hydroxyl groups is 1. The van der Waals surface area contributed by atoms with Gasteiger partial charge in [0, 0.05) is 16.7 Å². The maximum absolute atomic E-state index is 9.78. The number of phenols is 1. The fraction of sp³-hybridized carbons (Fsp3) is 0.500. The van der Waals surface area contributed by atoms with Crippen LogP contribution in [-0.4, -0.2) is 15.9 Å².